The highest BCUT2D eigenvalue weighted by atomic mass is 16.2. The summed E-state index contributed by atoms with van der Waals surface area (Å²) in [5.74, 6) is 0.307. The second-order valence-corrected chi connectivity index (χ2v) is 3.49. The monoisotopic (exact) mass is 225 g/mol. The van der Waals surface area contributed by atoms with Gasteiger partial charge in [0.1, 0.15) is 0 Å². The van der Waals surface area contributed by atoms with E-state index in [1.165, 1.54) is 12.1 Å². The van der Waals surface area contributed by atoms with Crippen molar-refractivity contribution in [2.45, 2.75) is 0 Å². The maximum absolute atomic E-state index is 11.3. The summed E-state index contributed by atoms with van der Waals surface area (Å²) in [7, 11) is 3.84. The number of hydrogen-bond donors (Lipinski definition) is 3. The summed E-state index contributed by atoms with van der Waals surface area (Å²) in [4.78, 5) is 24.0. The van der Waals surface area contributed by atoms with E-state index < -0.39 is 0 Å². The molecule has 0 bridgehead atoms. The standard InChI is InChI=1S/C9H15N5O2/c1-14(2)6-5-10-9(16)11-7-3-4-8(15)13-12-7/h3-4H,5-6H2,1-2H3,(H,13,15)(H2,10,11,12,16). The van der Waals surface area contributed by atoms with Crippen LogP contribution in [-0.4, -0.2) is 48.3 Å². The summed E-state index contributed by atoms with van der Waals surface area (Å²) >= 11 is 0. The van der Waals surface area contributed by atoms with Gasteiger partial charge in [-0.25, -0.2) is 9.89 Å². The molecule has 1 heterocycles. The number of nitrogens with one attached hydrogen (secondary N) is 3. The number of rotatable bonds is 4. The minimum atomic E-state index is -0.346. The molecule has 0 aliphatic rings. The molecule has 0 aliphatic carbocycles. The number of hydrogen-bond acceptors (Lipinski definition) is 4. The van der Waals surface area contributed by atoms with Crippen molar-refractivity contribution in [2.75, 3.05) is 32.5 Å². The smallest absolute Gasteiger partial charge is 0.320 e. The van der Waals surface area contributed by atoms with Crippen molar-refractivity contribution in [3.8, 4) is 0 Å². The topological polar surface area (TPSA) is 90.1 Å². The van der Waals surface area contributed by atoms with Crippen LogP contribution in [0.4, 0.5) is 10.6 Å². The fraction of sp³-hybridized carbons (Fsp3) is 0.444. The van der Waals surface area contributed by atoms with E-state index in [2.05, 4.69) is 20.8 Å². The number of amides is 2. The van der Waals surface area contributed by atoms with Crippen LogP contribution in [0.3, 0.4) is 0 Å². The Morgan fingerprint density at radius 3 is 2.81 bits per heavy atom. The lowest BCUT2D eigenvalue weighted by atomic mass is 10.5. The molecule has 1 aromatic rings. The first kappa shape index (κ1) is 12.2. The van der Waals surface area contributed by atoms with Gasteiger partial charge in [-0.05, 0) is 20.2 Å². The van der Waals surface area contributed by atoms with Gasteiger partial charge < -0.3 is 10.2 Å². The quantitative estimate of drug-likeness (QED) is 0.641. The molecule has 2 amide bonds. The van der Waals surface area contributed by atoms with E-state index in [-0.39, 0.29) is 11.6 Å². The third-order valence-corrected chi connectivity index (χ3v) is 1.77. The van der Waals surface area contributed by atoms with Gasteiger partial charge in [0.25, 0.3) is 5.56 Å². The normalized spacial score (nSPS) is 10.2. The van der Waals surface area contributed by atoms with Crippen molar-refractivity contribution in [3.63, 3.8) is 0 Å². The Bertz CT molecular complexity index is 381. The molecule has 0 aromatic carbocycles. The Kier molecular flexibility index (Phi) is 4.46. The van der Waals surface area contributed by atoms with E-state index in [4.69, 9.17) is 0 Å². The molecule has 0 aliphatic heterocycles. The maximum Gasteiger partial charge on any atom is 0.320 e. The van der Waals surface area contributed by atoms with Gasteiger partial charge in [-0.3, -0.25) is 10.1 Å². The molecule has 0 saturated carbocycles. The lowest BCUT2D eigenvalue weighted by molar-refractivity contribution is 0.250. The second kappa shape index (κ2) is 5.86. The van der Waals surface area contributed by atoms with Crippen LogP contribution in [0.15, 0.2) is 16.9 Å². The van der Waals surface area contributed by atoms with E-state index in [0.717, 1.165) is 6.54 Å². The SMILES string of the molecule is CN(C)CCNC(=O)Nc1ccc(=O)[nH]n1. The van der Waals surface area contributed by atoms with Gasteiger partial charge in [-0.1, -0.05) is 0 Å². The second-order valence-electron chi connectivity index (χ2n) is 3.49. The van der Waals surface area contributed by atoms with Crippen LogP contribution in [0.2, 0.25) is 0 Å². The Labute approximate surface area is 92.8 Å². The minimum absolute atomic E-state index is 0.307. The zero-order valence-corrected chi connectivity index (χ0v) is 9.28. The van der Waals surface area contributed by atoms with Crippen LogP contribution < -0.4 is 16.2 Å². The van der Waals surface area contributed by atoms with Crippen molar-refractivity contribution in [3.05, 3.63) is 22.5 Å². The number of aromatic nitrogens is 2. The average Bonchev–Trinajstić information content (AvgIpc) is 2.21. The van der Waals surface area contributed by atoms with Crippen LogP contribution in [0.1, 0.15) is 0 Å². The van der Waals surface area contributed by atoms with Gasteiger partial charge in [0.2, 0.25) is 0 Å². The molecule has 0 unspecified atom stereocenters. The highest BCUT2D eigenvalue weighted by Crippen LogP contribution is 1.94. The first-order valence-corrected chi connectivity index (χ1v) is 4.83. The minimum Gasteiger partial charge on any atom is -0.337 e. The number of urea groups is 1. The number of H-pyrrole nitrogens is 1. The Morgan fingerprint density at radius 2 is 2.25 bits per heavy atom. The zero-order chi connectivity index (χ0) is 12.0. The van der Waals surface area contributed by atoms with Crippen LogP contribution in [0.25, 0.3) is 0 Å². The summed E-state index contributed by atoms with van der Waals surface area (Å²) in [5, 5.41) is 11.0. The third kappa shape index (κ3) is 4.56. The number of carbonyl (C=O) groups excluding carboxylic acids is 1. The molecular weight excluding hydrogens is 210 g/mol. The maximum atomic E-state index is 11.3. The van der Waals surface area contributed by atoms with Gasteiger partial charge in [0.05, 0.1) is 0 Å². The fourth-order valence-electron chi connectivity index (χ4n) is 0.968. The first-order valence-electron chi connectivity index (χ1n) is 4.83. The van der Waals surface area contributed by atoms with Gasteiger partial charge in [-0.15, -0.1) is 0 Å². The summed E-state index contributed by atoms with van der Waals surface area (Å²) in [6.45, 7) is 1.30. The lowest BCUT2D eigenvalue weighted by Gasteiger charge is -2.10. The zero-order valence-electron chi connectivity index (χ0n) is 9.28. The molecule has 1 rings (SSSR count). The molecule has 3 N–H and O–H groups in total. The van der Waals surface area contributed by atoms with Gasteiger partial charge in [0.15, 0.2) is 5.82 Å². The Balaban J connectivity index is 2.34. The fourth-order valence-corrected chi connectivity index (χ4v) is 0.968. The number of likely N-dealkylation sites (N-methyl/N-ethyl adjacent to an activating group) is 1. The van der Waals surface area contributed by atoms with Crippen LogP contribution in [0, 0.1) is 0 Å². The number of aromatic amines is 1. The Hall–Kier alpha value is -1.89. The predicted molar refractivity (Wildman–Crippen MR) is 60.4 cm³/mol. The predicted octanol–water partition coefficient (Wildman–Crippen LogP) is -0.547. The van der Waals surface area contributed by atoms with E-state index in [1.54, 1.807) is 0 Å². The molecule has 16 heavy (non-hydrogen) atoms. The summed E-state index contributed by atoms with van der Waals surface area (Å²) in [6.07, 6.45) is 0. The van der Waals surface area contributed by atoms with Crippen molar-refractivity contribution in [1.82, 2.24) is 20.4 Å². The highest BCUT2D eigenvalue weighted by molar-refractivity contribution is 5.87. The first-order chi connectivity index (χ1) is 7.58. The van der Waals surface area contributed by atoms with Crippen molar-refractivity contribution < 1.29 is 4.79 Å². The van der Waals surface area contributed by atoms with Gasteiger partial charge in [-0.2, -0.15) is 5.10 Å². The molecule has 0 fully saturated rings. The molecule has 0 spiro atoms. The van der Waals surface area contributed by atoms with E-state index in [1.807, 2.05) is 19.0 Å². The molecule has 0 radical (unpaired) electrons. The molecular formula is C9H15N5O2. The van der Waals surface area contributed by atoms with Gasteiger partial charge in [0, 0.05) is 19.2 Å². The largest absolute Gasteiger partial charge is 0.337 e. The van der Waals surface area contributed by atoms with E-state index >= 15 is 0 Å². The van der Waals surface area contributed by atoms with Crippen LogP contribution in [-0.2, 0) is 0 Å². The highest BCUT2D eigenvalue weighted by Gasteiger charge is 2.01. The van der Waals surface area contributed by atoms with Crippen LogP contribution in [0.5, 0.6) is 0 Å². The van der Waals surface area contributed by atoms with Crippen molar-refractivity contribution in [1.29, 1.82) is 0 Å². The molecule has 88 valence electrons. The number of anilines is 1. The summed E-state index contributed by atoms with van der Waals surface area (Å²) in [5.41, 5.74) is -0.307. The van der Waals surface area contributed by atoms with Crippen molar-refractivity contribution in [2.24, 2.45) is 0 Å². The average molecular weight is 225 g/mol. The molecule has 7 nitrogen and oxygen atoms in total. The van der Waals surface area contributed by atoms with Gasteiger partial charge >= 0.3 is 6.03 Å². The van der Waals surface area contributed by atoms with Crippen LogP contribution >= 0.6 is 0 Å². The Morgan fingerprint density at radius 1 is 1.50 bits per heavy atom. The summed E-state index contributed by atoms with van der Waals surface area (Å²) in [6, 6.07) is 2.38. The number of carbonyl (C=O) groups is 1. The number of nitrogens with zero attached hydrogens (tertiary/aromatic N) is 2. The summed E-state index contributed by atoms with van der Waals surface area (Å²) < 4.78 is 0. The third-order valence-electron chi connectivity index (χ3n) is 1.77. The lowest BCUT2D eigenvalue weighted by Crippen LogP contribution is -2.34. The molecule has 7 heteroatoms. The van der Waals surface area contributed by atoms with E-state index in [9.17, 15) is 9.59 Å². The molecule has 0 saturated heterocycles. The van der Waals surface area contributed by atoms with E-state index in [0.29, 0.717) is 12.4 Å². The van der Waals surface area contributed by atoms with Crippen molar-refractivity contribution >= 4 is 11.8 Å². The molecule has 0 atom stereocenters. The molecule has 1 aromatic heterocycles.